The average molecular weight is 362 g/mol. The number of fused-ring (bicyclic) bond motifs is 1. The van der Waals surface area contributed by atoms with Gasteiger partial charge in [0.1, 0.15) is 16.7 Å². The lowest BCUT2D eigenvalue weighted by molar-refractivity contribution is 0.587. The monoisotopic (exact) mass is 361 g/mol. The molecule has 0 fully saturated rings. The maximum Gasteiger partial charge on any atom is 0.233 e. The average Bonchev–Trinajstić information content (AvgIpc) is 3.14. The lowest BCUT2D eigenvalue weighted by Gasteiger charge is -2.09. The Hall–Kier alpha value is -3.07. The van der Waals surface area contributed by atoms with Gasteiger partial charge in [0.25, 0.3) is 0 Å². The van der Waals surface area contributed by atoms with Crippen LogP contribution in [0.1, 0.15) is 0 Å². The lowest BCUT2D eigenvalue weighted by Crippen LogP contribution is -2.07. The molecule has 126 valence electrons. The fourth-order valence-electron chi connectivity index (χ4n) is 2.35. The van der Waals surface area contributed by atoms with Gasteiger partial charge in [0, 0.05) is 13.2 Å². The van der Waals surface area contributed by atoms with Crippen molar-refractivity contribution in [1.29, 1.82) is 0 Å². The number of nitrogens with zero attached hydrogens (tertiary/aromatic N) is 6. The fourth-order valence-corrected chi connectivity index (χ4v) is 2.51. The molecule has 1 aromatic carbocycles. The predicted octanol–water partition coefficient (Wildman–Crippen LogP) is 3.20. The van der Waals surface area contributed by atoms with Crippen molar-refractivity contribution in [2.24, 2.45) is 7.05 Å². The smallest absolute Gasteiger partial charge is 0.233 e. The van der Waals surface area contributed by atoms with Gasteiger partial charge >= 0.3 is 0 Å². The number of aryl methyl sites for hydroxylation is 1. The molecule has 0 aliphatic heterocycles. The molecular weight excluding hydrogens is 352 g/mol. The molecule has 0 amide bonds. The number of anilines is 2. The Morgan fingerprint density at radius 2 is 1.92 bits per heavy atom. The summed E-state index contributed by atoms with van der Waals surface area (Å²) in [5.74, 6) is -1.04. The second kappa shape index (κ2) is 5.78. The summed E-state index contributed by atoms with van der Waals surface area (Å²) in [7, 11) is 1.80. The van der Waals surface area contributed by atoms with Crippen molar-refractivity contribution in [2.75, 3.05) is 5.32 Å². The third-order valence-corrected chi connectivity index (χ3v) is 3.72. The summed E-state index contributed by atoms with van der Waals surface area (Å²) < 4.78 is 31.3. The van der Waals surface area contributed by atoms with Gasteiger partial charge in [-0.2, -0.15) is 14.6 Å². The summed E-state index contributed by atoms with van der Waals surface area (Å²) in [6.45, 7) is 0. The molecule has 7 nitrogen and oxygen atoms in total. The quantitative estimate of drug-likeness (QED) is 0.606. The van der Waals surface area contributed by atoms with Crippen molar-refractivity contribution >= 4 is 29.0 Å². The molecule has 3 aromatic heterocycles. The summed E-state index contributed by atoms with van der Waals surface area (Å²) in [6, 6.07) is 3.54. The molecule has 3 heterocycles. The van der Waals surface area contributed by atoms with Gasteiger partial charge in [-0.25, -0.2) is 18.7 Å². The summed E-state index contributed by atoms with van der Waals surface area (Å²) >= 11 is 6.08. The number of aromatic nitrogens is 6. The second-order valence-electron chi connectivity index (χ2n) is 5.24. The number of rotatable bonds is 3. The fraction of sp³-hybridized carbons (Fsp3) is 0.0667. The van der Waals surface area contributed by atoms with Gasteiger partial charge in [0.15, 0.2) is 17.3 Å². The molecule has 0 aliphatic rings. The minimum atomic E-state index is -0.774. The van der Waals surface area contributed by atoms with Crippen LogP contribution in [0.3, 0.4) is 0 Å². The molecule has 0 atom stereocenters. The van der Waals surface area contributed by atoms with Gasteiger partial charge in [0.05, 0.1) is 18.1 Å². The van der Waals surface area contributed by atoms with Gasteiger partial charge < -0.3 is 9.88 Å². The standard InChI is InChI=1S/C15H10ClF2N7/c1-24-6-11(19-7-24)21-15-23-13(12-9(17)3-2-4-10(12)18)22-14-8(16)5-20-25(14)15/h2-7H,1H3,(H,21,22,23). The van der Waals surface area contributed by atoms with E-state index in [-0.39, 0.29) is 28.0 Å². The van der Waals surface area contributed by atoms with E-state index >= 15 is 0 Å². The van der Waals surface area contributed by atoms with Crippen LogP contribution in [-0.4, -0.2) is 29.1 Å². The Labute approximate surface area is 144 Å². The zero-order chi connectivity index (χ0) is 17.6. The highest BCUT2D eigenvalue weighted by atomic mass is 35.5. The summed E-state index contributed by atoms with van der Waals surface area (Å²) in [5, 5.41) is 7.25. The highest BCUT2D eigenvalue weighted by molar-refractivity contribution is 6.33. The van der Waals surface area contributed by atoms with Crippen LogP contribution in [-0.2, 0) is 7.05 Å². The van der Waals surface area contributed by atoms with Crippen molar-refractivity contribution in [2.45, 2.75) is 0 Å². The molecule has 0 aliphatic carbocycles. The van der Waals surface area contributed by atoms with Gasteiger partial charge in [-0.05, 0) is 12.1 Å². The van der Waals surface area contributed by atoms with Crippen molar-refractivity contribution in [3.8, 4) is 11.4 Å². The molecule has 1 N–H and O–H groups in total. The molecule has 0 saturated heterocycles. The maximum absolute atomic E-state index is 14.1. The first-order valence-electron chi connectivity index (χ1n) is 7.13. The molecule has 4 aromatic rings. The number of benzene rings is 1. The van der Waals surface area contributed by atoms with Gasteiger partial charge in [-0.1, -0.05) is 17.7 Å². The SMILES string of the molecule is Cn1cnc(Nc2nc(-c3c(F)cccc3F)nc3c(Cl)cnn23)c1. The van der Waals surface area contributed by atoms with E-state index in [1.165, 1.54) is 16.8 Å². The van der Waals surface area contributed by atoms with Crippen LogP contribution in [0.5, 0.6) is 0 Å². The Kier molecular flexibility index (Phi) is 3.57. The van der Waals surface area contributed by atoms with Gasteiger partial charge in [-0.15, -0.1) is 0 Å². The van der Waals surface area contributed by atoms with Crippen LogP contribution in [0.4, 0.5) is 20.5 Å². The Morgan fingerprint density at radius 1 is 1.16 bits per heavy atom. The molecule has 0 unspecified atom stereocenters. The molecule has 0 spiro atoms. The van der Waals surface area contributed by atoms with E-state index in [1.807, 2.05) is 0 Å². The first kappa shape index (κ1) is 15.5. The normalized spacial score (nSPS) is 11.2. The van der Waals surface area contributed by atoms with E-state index in [4.69, 9.17) is 11.6 Å². The second-order valence-corrected chi connectivity index (χ2v) is 5.65. The molecule has 0 radical (unpaired) electrons. The van der Waals surface area contributed by atoms with Crippen LogP contribution in [0.15, 0.2) is 36.9 Å². The van der Waals surface area contributed by atoms with Crippen molar-refractivity contribution in [3.05, 3.63) is 53.6 Å². The van der Waals surface area contributed by atoms with E-state index in [1.54, 1.807) is 24.1 Å². The molecule has 10 heteroatoms. The number of nitrogens with one attached hydrogen (secondary N) is 1. The molecular formula is C15H10ClF2N7. The lowest BCUT2D eigenvalue weighted by atomic mass is 10.2. The minimum Gasteiger partial charge on any atom is -0.338 e. The van der Waals surface area contributed by atoms with Crippen molar-refractivity contribution in [1.82, 2.24) is 29.1 Å². The topological polar surface area (TPSA) is 72.9 Å². The van der Waals surface area contributed by atoms with E-state index in [0.717, 1.165) is 12.1 Å². The van der Waals surface area contributed by atoms with E-state index in [0.29, 0.717) is 5.82 Å². The number of hydrogen-bond donors (Lipinski definition) is 1. The number of imidazole rings is 1. The predicted molar refractivity (Wildman–Crippen MR) is 87.6 cm³/mol. The van der Waals surface area contributed by atoms with E-state index < -0.39 is 11.6 Å². The minimum absolute atomic E-state index is 0.149. The third kappa shape index (κ3) is 2.68. The largest absolute Gasteiger partial charge is 0.338 e. The first-order chi connectivity index (χ1) is 12.0. The summed E-state index contributed by atoms with van der Waals surface area (Å²) in [5.41, 5.74) is -0.126. The molecule has 25 heavy (non-hydrogen) atoms. The highest BCUT2D eigenvalue weighted by Crippen LogP contribution is 2.27. The zero-order valence-electron chi connectivity index (χ0n) is 12.8. The highest BCUT2D eigenvalue weighted by Gasteiger charge is 2.19. The van der Waals surface area contributed by atoms with E-state index in [9.17, 15) is 8.78 Å². The van der Waals surface area contributed by atoms with Crippen LogP contribution < -0.4 is 5.32 Å². The van der Waals surface area contributed by atoms with Crippen LogP contribution in [0.25, 0.3) is 17.0 Å². The summed E-state index contributed by atoms with van der Waals surface area (Å²) in [4.78, 5) is 12.5. The van der Waals surface area contributed by atoms with E-state index in [2.05, 4.69) is 25.4 Å². The maximum atomic E-state index is 14.1. The van der Waals surface area contributed by atoms with Gasteiger partial charge in [0.2, 0.25) is 5.95 Å². The number of hydrogen-bond acceptors (Lipinski definition) is 5. The molecule has 0 saturated carbocycles. The molecule has 4 rings (SSSR count). The third-order valence-electron chi connectivity index (χ3n) is 3.46. The summed E-state index contributed by atoms with van der Waals surface area (Å²) in [6.07, 6.45) is 4.67. The van der Waals surface area contributed by atoms with Crippen molar-refractivity contribution in [3.63, 3.8) is 0 Å². The number of halogens is 3. The Morgan fingerprint density at radius 3 is 2.60 bits per heavy atom. The first-order valence-corrected chi connectivity index (χ1v) is 7.51. The van der Waals surface area contributed by atoms with Crippen molar-refractivity contribution < 1.29 is 8.78 Å². The van der Waals surface area contributed by atoms with Gasteiger partial charge in [-0.3, -0.25) is 0 Å². The Bertz CT molecular complexity index is 1070. The van der Waals surface area contributed by atoms with Crippen LogP contribution in [0.2, 0.25) is 5.02 Å². The molecule has 0 bridgehead atoms. The Balaban J connectivity index is 1.93. The van der Waals surface area contributed by atoms with Crippen LogP contribution in [0, 0.1) is 11.6 Å². The zero-order valence-corrected chi connectivity index (χ0v) is 13.5. The van der Waals surface area contributed by atoms with Crippen LogP contribution >= 0.6 is 11.6 Å².